The number of amides is 1. The van der Waals surface area contributed by atoms with Crippen LogP contribution in [0.4, 0.5) is 0 Å². The lowest BCUT2D eigenvalue weighted by atomic mass is 10.1. The van der Waals surface area contributed by atoms with E-state index in [-0.39, 0.29) is 30.5 Å². The van der Waals surface area contributed by atoms with E-state index >= 15 is 0 Å². The number of ether oxygens (including phenoxy) is 1. The highest BCUT2D eigenvalue weighted by molar-refractivity contribution is 7.99. The number of carbonyl (C=O) groups is 2. The molecule has 0 radical (unpaired) electrons. The second-order valence-corrected chi connectivity index (χ2v) is 7.76. The van der Waals surface area contributed by atoms with E-state index in [9.17, 15) is 9.59 Å². The highest BCUT2D eigenvalue weighted by Crippen LogP contribution is 2.26. The molecule has 25 heavy (non-hydrogen) atoms. The predicted octanol–water partition coefficient (Wildman–Crippen LogP) is 3.15. The van der Waals surface area contributed by atoms with Crippen LogP contribution in [0, 0.1) is 0 Å². The standard InChI is InChI=1S/C17H22Cl2N2O3S/c1-3-24-17(23)15-10-25-7-6-21(15)9-16(22)20-11(2)13-5-4-12(18)8-14(13)19/h4-5,8,11,15H,3,6-7,9-10H2,1-2H3,(H,20,22). The average molecular weight is 405 g/mol. The van der Waals surface area contributed by atoms with Crippen molar-refractivity contribution in [1.82, 2.24) is 10.2 Å². The lowest BCUT2D eigenvalue weighted by Crippen LogP contribution is -2.51. The first kappa shape index (κ1) is 20.4. The van der Waals surface area contributed by atoms with E-state index < -0.39 is 0 Å². The molecule has 1 aliphatic rings. The first-order valence-corrected chi connectivity index (χ1v) is 10.1. The lowest BCUT2D eigenvalue weighted by Gasteiger charge is -2.33. The van der Waals surface area contributed by atoms with E-state index in [2.05, 4.69) is 5.32 Å². The molecule has 1 N–H and O–H groups in total. The van der Waals surface area contributed by atoms with E-state index in [1.54, 1.807) is 36.9 Å². The molecule has 0 saturated carbocycles. The molecule has 2 unspecified atom stereocenters. The minimum absolute atomic E-state index is 0.152. The average Bonchev–Trinajstić information content (AvgIpc) is 2.55. The van der Waals surface area contributed by atoms with Gasteiger partial charge < -0.3 is 10.1 Å². The Bertz CT molecular complexity index is 630. The predicted molar refractivity (Wildman–Crippen MR) is 102 cm³/mol. The fourth-order valence-electron chi connectivity index (χ4n) is 2.68. The molecule has 0 aliphatic carbocycles. The molecular formula is C17H22Cl2N2O3S. The molecule has 1 heterocycles. The quantitative estimate of drug-likeness (QED) is 0.737. The van der Waals surface area contributed by atoms with E-state index in [0.29, 0.717) is 28.9 Å². The number of carbonyl (C=O) groups excluding carboxylic acids is 2. The van der Waals surface area contributed by atoms with Crippen LogP contribution in [0.25, 0.3) is 0 Å². The summed E-state index contributed by atoms with van der Waals surface area (Å²) in [6.07, 6.45) is 0. The van der Waals surface area contributed by atoms with Crippen molar-refractivity contribution < 1.29 is 14.3 Å². The van der Waals surface area contributed by atoms with Crippen molar-refractivity contribution in [3.05, 3.63) is 33.8 Å². The largest absolute Gasteiger partial charge is 0.465 e. The zero-order valence-electron chi connectivity index (χ0n) is 14.3. The van der Waals surface area contributed by atoms with Gasteiger partial charge in [0, 0.05) is 28.1 Å². The third-order valence-corrected chi connectivity index (χ3v) is 5.54. The van der Waals surface area contributed by atoms with Gasteiger partial charge in [-0.25, -0.2) is 0 Å². The molecule has 0 aromatic heterocycles. The molecule has 1 saturated heterocycles. The summed E-state index contributed by atoms with van der Waals surface area (Å²) in [4.78, 5) is 26.4. The fourth-order valence-corrected chi connectivity index (χ4v) is 4.36. The van der Waals surface area contributed by atoms with Crippen LogP contribution in [-0.4, -0.2) is 54.0 Å². The highest BCUT2D eigenvalue weighted by atomic mass is 35.5. The second kappa shape index (κ2) is 9.67. The van der Waals surface area contributed by atoms with Gasteiger partial charge in [0.25, 0.3) is 0 Å². The summed E-state index contributed by atoms with van der Waals surface area (Å²) in [7, 11) is 0. The van der Waals surface area contributed by atoms with Crippen molar-refractivity contribution in [3.8, 4) is 0 Å². The van der Waals surface area contributed by atoms with Crippen molar-refractivity contribution in [2.24, 2.45) is 0 Å². The Labute approximate surface area is 162 Å². The van der Waals surface area contributed by atoms with Crippen LogP contribution in [-0.2, 0) is 14.3 Å². The summed E-state index contributed by atoms with van der Waals surface area (Å²) in [5, 5.41) is 3.99. The molecule has 0 spiro atoms. The van der Waals surface area contributed by atoms with Crippen LogP contribution in [0.3, 0.4) is 0 Å². The van der Waals surface area contributed by atoms with Crippen LogP contribution < -0.4 is 5.32 Å². The third-order valence-electron chi connectivity index (χ3n) is 3.95. The number of nitrogens with one attached hydrogen (secondary N) is 1. The number of rotatable bonds is 6. The Kier molecular flexibility index (Phi) is 7.87. The summed E-state index contributed by atoms with van der Waals surface area (Å²) in [5.74, 6) is 1.11. The van der Waals surface area contributed by atoms with E-state index in [1.807, 2.05) is 11.8 Å². The molecule has 2 rings (SSSR count). The number of hydrogen-bond acceptors (Lipinski definition) is 5. The van der Waals surface area contributed by atoms with Gasteiger partial charge >= 0.3 is 5.97 Å². The Balaban J connectivity index is 1.96. The van der Waals surface area contributed by atoms with Gasteiger partial charge in [-0.1, -0.05) is 29.3 Å². The van der Waals surface area contributed by atoms with Gasteiger partial charge in [-0.15, -0.1) is 0 Å². The van der Waals surface area contributed by atoms with Crippen molar-refractivity contribution in [2.45, 2.75) is 25.9 Å². The van der Waals surface area contributed by atoms with Gasteiger partial charge in [0.05, 0.1) is 19.2 Å². The van der Waals surface area contributed by atoms with Gasteiger partial charge in [-0.05, 0) is 31.5 Å². The zero-order valence-corrected chi connectivity index (χ0v) is 16.6. The van der Waals surface area contributed by atoms with Crippen LogP contribution in [0.2, 0.25) is 10.0 Å². The van der Waals surface area contributed by atoms with Gasteiger partial charge in [-0.3, -0.25) is 14.5 Å². The minimum atomic E-state index is -0.376. The maximum absolute atomic E-state index is 12.4. The highest BCUT2D eigenvalue weighted by Gasteiger charge is 2.31. The molecule has 5 nitrogen and oxygen atoms in total. The number of nitrogens with zero attached hydrogens (tertiary/aromatic N) is 1. The lowest BCUT2D eigenvalue weighted by molar-refractivity contribution is -0.149. The molecule has 1 aliphatic heterocycles. The summed E-state index contributed by atoms with van der Waals surface area (Å²) in [6, 6.07) is 4.56. The minimum Gasteiger partial charge on any atom is -0.465 e. The Morgan fingerprint density at radius 1 is 1.44 bits per heavy atom. The topological polar surface area (TPSA) is 58.6 Å². The smallest absolute Gasteiger partial charge is 0.324 e. The van der Waals surface area contributed by atoms with Gasteiger partial charge in [0.1, 0.15) is 6.04 Å². The Hall–Kier alpha value is -0.950. The van der Waals surface area contributed by atoms with Crippen molar-refractivity contribution in [2.75, 3.05) is 31.2 Å². The fraction of sp³-hybridized carbons (Fsp3) is 0.529. The zero-order chi connectivity index (χ0) is 18.4. The van der Waals surface area contributed by atoms with Crippen molar-refractivity contribution in [1.29, 1.82) is 0 Å². The molecule has 138 valence electrons. The monoisotopic (exact) mass is 404 g/mol. The second-order valence-electron chi connectivity index (χ2n) is 5.77. The van der Waals surface area contributed by atoms with E-state index in [1.165, 1.54) is 0 Å². The SMILES string of the molecule is CCOC(=O)C1CSCCN1CC(=O)NC(C)c1ccc(Cl)cc1Cl. The van der Waals surface area contributed by atoms with Crippen molar-refractivity contribution in [3.63, 3.8) is 0 Å². The number of esters is 1. The number of hydrogen-bond donors (Lipinski definition) is 1. The first-order chi connectivity index (χ1) is 11.9. The summed E-state index contributed by atoms with van der Waals surface area (Å²) in [6.45, 7) is 4.81. The number of benzene rings is 1. The van der Waals surface area contributed by atoms with Crippen LogP contribution in [0.1, 0.15) is 25.5 Å². The molecule has 1 amide bonds. The van der Waals surface area contributed by atoms with Crippen LogP contribution >= 0.6 is 35.0 Å². The van der Waals surface area contributed by atoms with E-state index in [4.69, 9.17) is 27.9 Å². The number of thioether (sulfide) groups is 1. The molecule has 2 atom stereocenters. The normalized spacial score (nSPS) is 19.3. The third kappa shape index (κ3) is 5.78. The maximum Gasteiger partial charge on any atom is 0.324 e. The summed E-state index contributed by atoms with van der Waals surface area (Å²) < 4.78 is 5.11. The summed E-state index contributed by atoms with van der Waals surface area (Å²) in [5.41, 5.74) is 0.801. The van der Waals surface area contributed by atoms with Gasteiger partial charge in [0.2, 0.25) is 5.91 Å². The molecular weight excluding hydrogens is 383 g/mol. The first-order valence-electron chi connectivity index (χ1n) is 8.15. The van der Waals surface area contributed by atoms with E-state index in [0.717, 1.165) is 11.3 Å². The maximum atomic E-state index is 12.4. The Morgan fingerprint density at radius 3 is 2.88 bits per heavy atom. The van der Waals surface area contributed by atoms with Crippen LogP contribution in [0.15, 0.2) is 18.2 Å². The number of halogens is 2. The molecule has 1 aromatic rings. The van der Waals surface area contributed by atoms with Gasteiger partial charge in [0.15, 0.2) is 0 Å². The molecule has 8 heteroatoms. The molecule has 0 bridgehead atoms. The van der Waals surface area contributed by atoms with Crippen molar-refractivity contribution >= 4 is 46.8 Å². The molecule has 1 aromatic carbocycles. The summed E-state index contributed by atoms with van der Waals surface area (Å²) >= 11 is 13.8. The Morgan fingerprint density at radius 2 is 2.20 bits per heavy atom. The molecule has 1 fully saturated rings. The van der Waals surface area contributed by atoms with Gasteiger partial charge in [-0.2, -0.15) is 11.8 Å². The van der Waals surface area contributed by atoms with Crippen LogP contribution in [0.5, 0.6) is 0 Å².